The largest absolute Gasteiger partial charge is 0.488 e. The van der Waals surface area contributed by atoms with Gasteiger partial charge in [-0.05, 0) is 72.3 Å². The summed E-state index contributed by atoms with van der Waals surface area (Å²) in [5.74, 6) is 1.53. The second-order valence-electron chi connectivity index (χ2n) is 7.93. The number of tetrazole rings is 1. The fraction of sp³-hybridized carbons (Fsp3) is 0.160. The van der Waals surface area contributed by atoms with Crippen LogP contribution in [0.3, 0.4) is 0 Å². The molecule has 5 aromatic rings. The van der Waals surface area contributed by atoms with E-state index >= 15 is 0 Å². The first-order valence-corrected chi connectivity index (χ1v) is 10.7. The monoisotopic (exact) mass is 454 g/mol. The van der Waals surface area contributed by atoms with Crippen LogP contribution in [0.5, 0.6) is 5.75 Å². The molecule has 0 radical (unpaired) electrons. The van der Waals surface area contributed by atoms with Crippen molar-refractivity contribution >= 4 is 22.4 Å². The normalized spacial score (nSPS) is 11.0. The maximum atomic E-state index is 13.4. The fourth-order valence-electron chi connectivity index (χ4n) is 3.76. The Morgan fingerprint density at radius 3 is 2.53 bits per heavy atom. The van der Waals surface area contributed by atoms with Gasteiger partial charge < -0.3 is 14.6 Å². The number of nitrogens with zero attached hydrogens (tertiary/aromatic N) is 5. The van der Waals surface area contributed by atoms with E-state index in [1.165, 1.54) is 0 Å². The van der Waals surface area contributed by atoms with Crippen LogP contribution in [-0.2, 0) is 6.61 Å². The van der Waals surface area contributed by atoms with Gasteiger partial charge in [0.25, 0.3) is 5.91 Å². The van der Waals surface area contributed by atoms with E-state index in [0.29, 0.717) is 28.6 Å². The number of carbonyl (C=O) groups is 1. The number of anilines is 1. The van der Waals surface area contributed by atoms with E-state index in [2.05, 4.69) is 26.0 Å². The molecule has 2 heterocycles. The number of hydrogen-bond acceptors (Lipinski definition) is 7. The molecule has 0 saturated carbocycles. The molecule has 3 aromatic carbocycles. The SMILES string of the molecule is Cc1noc(C)c1COc1cc2ccccc2cc1C(=O)Nc1cccc(-n2nnnc2C)c1. The van der Waals surface area contributed by atoms with Crippen LogP contribution in [0, 0.1) is 20.8 Å². The Hall–Kier alpha value is -4.53. The van der Waals surface area contributed by atoms with Gasteiger partial charge in [-0.15, -0.1) is 5.10 Å². The average Bonchev–Trinajstić information content (AvgIpc) is 3.41. The van der Waals surface area contributed by atoms with Gasteiger partial charge in [-0.25, -0.2) is 0 Å². The van der Waals surface area contributed by atoms with Gasteiger partial charge in [0.05, 0.1) is 22.5 Å². The third kappa shape index (κ3) is 4.11. The molecule has 9 heteroatoms. The van der Waals surface area contributed by atoms with E-state index in [-0.39, 0.29) is 12.5 Å². The molecule has 0 atom stereocenters. The maximum absolute atomic E-state index is 13.4. The summed E-state index contributed by atoms with van der Waals surface area (Å²) in [6, 6.07) is 18.9. The standard InChI is InChI=1S/C25H22N6O3/c1-15-23(16(2)34-28-15)14-33-24-12-19-8-5-4-7-18(19)11-22(24)25(32)26-20-9-6-10-21(13-20)31-17(3)27-29-30-31/h4-13H,14H2,1-3H3,(H,26,32). The summed E-state index contributed by atoms with van der Waals surface area (Å²) in [4.78, 5) is 13.4. The molecule has 0 fully saturated rings. The summed E-state index contributed by atoms with van der Waals surface area (Å²) in [5, 5.41) is 20.4. The number of hydrogen-bond donors (Lipinski definition) is 1. The Morgan fingerprint density at radius 2 is 1.82 bits per heavy atom. The molecule has 0 aliphatic heterocycles. The molecule has 0 saturated heterocycles. The van der Waals surface area contributed by atoms with Crippen molar-refractivity contribution in [2.45, 2.75) is 27.4 Å². The van der Waals surface area contributed by atoms with E-state index in [1.807, 2.05) is 81.4 Å². The van der Waals surface area contributed by atoms with Crippen molar-refractivity contribution in [1.29, 1.82) is 0 Å². The number of fused-ring (bicyclic) bond motifs is 1. The molecular formula is C25H22N6O3. The summed E-state index contributed by atoms with van der Waals surface area (Å²) in [5.41, 5.74) is 3.41. The molecule has 5 rings (SSSR count). The molecule has 0 spiro atoms. The zero-order valence-electron chi connectivity index (χ0n) is 18.9. The number of amides is 1. The summed E-state index contributed by atoms with van der Waals surface area (Å²) in [7, 11) is 0. The van der Waals surface area contributed by atoms with Crippen LogP contribution >= 0.6 is 0 Å². The quantitative estimate of drug-likeness (QED) is 0.401. The molecule has 34 heavy (non-hydrogen) atoms. The lowest BCUT2D eigenvalue weighted by atomic mass is 10.0. The highest BCUT2D eigenvalue weighted by atomic mass is 16.5. The first-order chi connectivity index (χ1) is 16.5. The third-order valence-corrected chi connectivity index (χ3v) is 5.62. The predicted octanol–water partition coefficient (Wildman–Crippen LogP) is 4.56. The van der Waals surface area contributed by atoms with Gasteiger partial charge in [-0.1, -0.05) is 35.5 Å². The number of aromatic nitrogens is 5. The van der Waals surface area contributed by atoms with Crippen LogP contribution < -0.4 is 10.1 Å². The molecule has 9 nitrogen and oxygen atoms in total. The lowest BCUT2D eigenvalue weighted by Crippen LogP contribution is -2.14. The number of aryl methyl sites for hydroxylation is 3. The van der Waals surface area contributed by atoms with Crippen molar-refractivity contribution in [2.75, 3.05) is 5.32 Å². The van der Waals surface area contributed by atoms with Crippen molar-refractivity contribution in [3.63, 3.8) is 0 Å². The third-order valence-electron chi connectivity index (χ3n) is 5.62. The zero-order chi connectivity index (χ0) is 23.7. The fourth-order valence-corrected chi connectivity index (χ4v) is 3.76. The first kappa shape index (κ1) is 21.3. The molecule has 0 aliphatic rings. The van der Waals surface area contributed by atoms with Crippen LogP contribution in [-0.4, -0.2) is 31.3 Å². The van der Waals surface area contributed by atoms with Gasteiger partial charge in [0, 0.05) is 5.69 Å². The number of rotatable bonds is 6. The van der Waals surface area contributed by atoms with Crippen molar-refractivity contribution in [3.05, 3.63) is 89.1 Å². The second-order valence-corrected chi connectivity index (χ2v) is 7.93. The van der Waals surface area contributed by atoms with Gasteiger partial charge in [-0.3, -0.25) is 4.79 Å². The van der Waals surface area contributed by atoms with Crippen molar-refractivity contribution in [1.82, 2.24) is 25.4 Å². The topological polar surface area (TPSA) is 108 Å². The van der Waals surface area contributed by atoms with Crippen molar-refractivity contribution in [3.8, 4) is 11.4 Å². The number of nitrogens with one attached hydrogen (secondary N) is 1. The summed E-state index contributed by atoms with van der Waals surface area (Å²) < 4.78 is 13.0. The Labute approximate surface area is 195 Å². The summed E-state index contributed by atoms with van der Waals surface area (Å²) >= 11 is 0. The average molecular weight is 454 g/mol. The predicted molar refractivity (Wildman–Crippen MR) is 126 cm³/mol. The lowest BCUT2D eigenvalue weighted by Gasteiger charge is -2.14. The van der Waals surface area contributed by atoms with Gasteiger partial charge in [0.15, 0.2) is 5.82 Å². The van der Waals surface area contributed by atoms with Crippen LogP contribution in [0.1, 0.15) is 33.2 Å². The minimum atomic E-state index is -0.287. The van der Waals surface area contributed by atoms with E-state index < -0.39 is 0 Å². The molecule has 0 bridgehead atoms. The van der Waals surface area contributed by atoms with Gasteiger partial charge in [0.2, 0.25) is 0 Å². The smallest absolute Gasteiger partial charge is 0.259 e. The van der Waals surface area contributed by atoms with Crippen LogP contribution in [0.15, 0.2) is 65.2 Å². The number of carbonyl (C=O) groups excluding carboxylic acids is 1. The molecule has 0 unspecified atom stereocenters. The highest BCUT2D eigenvalue weighted by molar-refractivity contribution is 6.08. The maximum Gasteiger partial charge on any atom is 0.259 e. The zero-order valence-corrected chi connectivity index (χ0v) is 18.9. The Morgan fingerprint density at radius 1 is 1.03 bits per heavy atom. The van der Waals surface area contributed by atoms with Crippen molar-refractivity contribution in [2.24, 2.45) is 0 Å². The van der Waals surface area contributed by atoms with Gasteiger partial charge >= 0.3 is 0 Å². The highest BCUT2D eigenvalue weighted by Gasteiger charge is 2.17. The van der Waals surface area contributed by atoms with Gasteiger partial charge in [0.1, 0.15) is 18.1 Å². The summed E-state index contributed by atoms with van der Waals surface area (Å²) in [6.07, 6.45) is 0. The Balaban J connectivity index is 1.46. The molecule has 1 N–H and O–H groups in total. The molecule has 170 valence electrons. The number of benzene rings is 3. The van der Waals surface area contributed by atoms with Gasteiger partial charge in [-0.2, -0.15) is 4.68 Å². The van der Waals surface area contributed by atoms with E-state index in [4.69, 9.17) is 9.26 Å². The minimum absolute atomic E-state index is 0.244. The van der Waals surface area contributed by atoms with E-state index in [1.54, 1.807) is 4.68 Å². The van der Waals surface area contributed by atoms with E-state index in [0.717, 1.165) is 27.7 Å². The molecule has 1 amide bonds. The number of ether oxygens (including phenoxy) is 1. The molecule has 2 aromatic heterocycles. The van der Waals surface area contributed by atoms with Crippen molar-refractivity contribution < 1.29 is 14.1 Å². The van der Waals surface area contributed by atoms with Crippen LogP contribution in [0.4, 0.5) is 5.69 Å². The summed E-state index contributed by atoms with van der Waals surface area (Å²) in [6.45, 7) is 5.76. The van der Waals surface area contributed by atoms with E-state index in [9.17, 15) is 4.79 Å². The lowest BCUT2D eigenvalue weighted by molar-refractivity contribution is 0.102. The van der Waals surface area contributed by atoms with Crippen LogP contribution in [0.2, 0.25) is 0 Å². The molecular weight excluding hydrogens is 432 g/mol. The Bertz CT molecular complexity index is 1480. The second kappa shape index (κ2) is 8.78. The minimum Gasteiger partial charge on any atom is -0.488 e. The molecule has 0 aliphatic carbocycles. The highest BCUT2D eigenvalue weighted by Crippen LogP contribution is 2.29. The first-order valence-electron chi connectivity index (χ1n) is 10.7. The van der Waals surface area contributed by atoms with Crippen LogP contribution in [0.25, 0.3) is 16.5 Å². The Kier molecular flexibility index (Phi) is 5.51.